The molecule has 0 radical (unpaired) electrons. The van der Waals surface area contributed by atoms with Gasteiger partial charge < -0.3 is 10.2 Å². The van der Waals surface area contributed by atoms with E-state index < -0.39 is 0 Å². The third kappa shape index (κ3) is 7.36. The summed E-state index contributed by atoms with van der Waals surface area (Å²) < 4.78 is 0. The molecule has 2 rings (SSSR count). The SMILES string of the molecule is CC(C)Cc1cccc(CN[C@@H](CC2CCCCC2)CN(C)C)c1. The summed E-state index contributed by atoms with van der Waals surface area (Å²) in [4.78, 5) is 2.33. The Hall–Kier alpha value is -0.860. The van der Waals surface area contributed by atoms with Crippen molar-refractivity contribution in [3.63, 3.8) is 0 Å². The summed E-state index contributed by atoms with van der Waals surface area (Å²) in [5.41, 5.74) is 2.90. The first kappa shape index (κ1) is 19.5. The van der Waals surface area contributed by atoms with Crippen LogP contribution in [-0.2, 0) is 13.0 Å². The van der Waals surface area contributed by atoms with Crippen LogP contribution in [0.1, 0.15) is 63.5 Å². The van der Waals surface area contributed by atoms with Crippen molar-refractivity contribution in [2.24, 2.45) is 11.8 Å². The number of hydrogen-bond donors (Lipinski definition) is 1. The van der Waals surface area contributed by atoms with E-state index >= 15 is 0 Å². The van der Waals surface area contributed by atoms with Gasteiger partial charge in [-0.1, -0.05) is 70.2 Å². The zero-order valence-corrected chi connectivity index (χ0v) is 16.4. The first-order chi connectivity index (χ1) is 11.5. The monoisotopic (exact) mass is 330 g/mol. The molecule has 1 aromatic rings. The fourth-order valence-corrected chi connectivity index (χ4v) is 4.09. The average Bonchev–Trinajstić information content (AvgIpc) is 2.53. The Labute approximate surface area is 150 Å². The number of nitrogens with one attached hydrogen (secondary N) is 1. The Morgan fingerprint density at radius 3 is 2.46 bits per heavy atom. The lowest BCUT2D eigenvalue weighted by atomic mass is 9.84. The van der Waals surface area contributed by atoms with Crippen molar-refractivity contribution in [3.05, 3.63) is 35.4 Å². The normalized spacial score (nSPS) is 17.6. The first-order valence-electron chi connectivity index (χ1n) is 9.99. The Kier molecular flexibility index (Phi) is 8.28. The van der Waals surface area contributed by atoms with E-state index in [9.17, 15) is 0 Å². The van der Waals surface area contributed by atoms with Crippen molar-refractivity contribution in [2.75, 3.05) is 20.6 Å². The van der Waals surface area contributed by atoms with Crippen LogP contribution < -0.4 is 5.32 Å². The molecule has 0 amide bonds. The van der Waals surface area contributed by atoms with Gasteiger partial charge in [-0.15, -0.1) is 0 Å². The van der Waals surface area contributed by atoms with E-state index in [0.717, 1.165) is 24.9 Å². The fraction of sp³-hybridized carbons (Fsp3) is 0.727. The number of benzene rings is 1. The third-order valence-corrected chi connectivity index (χ3v) is 5.16. The van der Waals surface area contributed by atoms with Gasteiger partial charge in [0, 0.05) is 19.1 Å². The number of nitrogens with zero attached hydrogens (tertiary/aromatic N) is 1. The highest BCUT2D eigenvalue weighted by molar-refractivity contribution is 5.23. The molecule has 0 saturated heterocycles. The Morgan fingerprint density at radius 1 is 1.08 bits per heavy atom. The molecule has 24 heavy (non-hydrogen) atoms. The molecule has 1 aromatic carbocycles. The molecule has 1 aliphatic rings. The minimum Gasteiger partial charge on any atom is -0.309 e. The van der Waals surface area contributed by atoms with E-state index in [1.54, 1.807) is 0 Å². The predicted molar refractivity (Wildman–Crippen MR) is 105 cm³/mol. The van der Waals surface area contributed by atoms with E-state index in [0.29, 0.717) is 6.04 Å². The van der Waals surface area contributed by atoms with Crippen molar-refractivity contribution in [3.8, 4) is 0 Å². The minimum absolute atomic E-state index is 0.608. The zero-order chi connectivity index (χ0) is 17.4. The van der Waals surface area contributed by atoms with Crippen LogP contribution >= 0.6 is 0 Å². The van der Waals surface area contributed by atoms with Crippen LogP contribution in [0, 0.1) is 11.8 Å². The van der Waals surface area contributed by atoms with Crippen LogP contribution in [0.25, 0.3) is 0 Å². The molecule has 1 saturated carbocycles. The Morgan fingerprint density at radius 2 is 1.79 bits per heavy atom. The van der Waals surface area contributed by atoms with Crippen molar-refractivity contribution >= 4 is 0 Å². The third-order valence-electron chi connectivity index (χ3n) is 5.16. The van der Waals surface area contributed by atoms with Gasteiger partial charge in [0.2, 0.25) is 0 Å². The van der Waals surface area contributed by atoms with Crippen LogP contribution in [0.3, 0.4) is 0 Å². The molecule has 1 aliphatic carbocycles. The average molecular weight is 331 g/mol. The second kappa shape index (κ2) is 10.2. The number of rotatable bonds is 9. The van der Waals surface area contributed by atoms with Gasteiger partial charge in [-0.05, 0) is 49.9 Å². The van der Waals surface area contributed by atoms with Gasteiger partial charge in [0.25, 0.3) is 0 Å². The zero-order valence-electron chi connectivity index (χ0n) is 16.4. The molecule has 1 N–H and O–H groups in total. The highest BCUT2D eigenvalue weighted by atomic mass is 15.1. The summed E-state index contributed by atoms with van der Waals surface area (Å²) in [5, 5.41) is 3.85. The number of likely N-dealkylation sites (N-methyl/N-ethyl adjacent to an activating group) is 1. The maximum absolute atomic E-state index is 3.85. The summed E-state index contributed by atoms with van der Waals surface area (Å²) in [6, 6.07) is 9.75. The molecular weight excluding hydrogens is 292 g/mol. The topological polar surface area (TPSA) is 15.3 Å². The Bertz CT molecular complexity index is 461. The molecule has 0 bridgehead atoms. The van der Waals surface area contributed by atoms with E-state index in [-0.39, 0.29) is 0 Å². The van der Waals surface area contributed by atoms with E-state index in [4.69, 9.17) is 0 Å². The summed E-state index contributed by atoms with van der Waals surface area (Å²) in [6.45, 7) is 6.73. The molecule has 0 aliphatic heterocycles. The van der Waals surface area contributed by atoms with Crippen LogP contribution in [0.4, 0.5) is 0 Å². The standard InChI is InChI=1S/C22H38N2/c1-18(2)13-20-11-8-12-21(14-20)16-23-22(17-24(3)4)15-19-9-6-5-7-10-19/h8,11-12,14,18-19,22-23H,5-7,9-10,13,15-17H2,1-4H3/t22-/m0/s1. The summed E-state index contributed by atoms with van der Waals surface area (Å²) >= 11 is 0. The first-order valence-corrected chi connectivity index (χ1v) is 9.99. The van der Waals surface area contributed by atoms with Crippen LogP contribution in [0.2, 0.25) is 0 Å². The van der Waals surface area contributed by atoms with E-state index in [1.165, 1.54) is 56.1 Å². The van der Waals surface area contributed by atoms with Gasteiger partial charge in [0.05, 0.1) is 0 Å². The minimum atomic E-state index is 0.608. The fourth-order valence-electron chi connectivity index (χ4n) is 4.09. The second-order valence-electron chi connectivity index (χ2n) is 8.50. The summed E-state index contributed by atoms with van der Waals surface area (Å²) in [6.07, 6.45) is 9.73. The van der Waals surface area contributed by atoms with E-state index in [2.05, 4.69) is 62.4 Å². The van der Waals surface area contributed by atoms with Gasteiger partial charge >= 0.3 is 0 Å². The van der Waals surface area contributed by atoms with E-state index in [1.807, 2.05) is 0 Å². The molecule has 0 unspecified atom stereocenters. The lowest BCUT2D eigenvalue weighted by molar-refractivity contribution is 0.257. The van der Waals surface area contributed by atoms with Crippen LogP contribution in [0.15, 0.2) is 24.3 Å². The molecular formula is C22H38N2. The van der Waals surface area contributed by atoms with Gasteiger partial charge in [-0.3, -0.25) is 0 Å². The highest BCUT2D eigenvalue weighted by Gasteiger charge is 2.19. The number of hydrogen-bond acceptors (Lipinski definition) is 2. The predicted octanol–water partition coefficient (Wildman–Crippen LogP) is 4.88. The van der Waals surface area contributed by atoms with Crippen molar-refractivity contribution < 1.29 is 0 Å². The van der Waals surface area contributed by atoms with Crippen LogP contribution in [-0.4, -0.2) is 31.6 Å². The molecule has 136 valence electrons. The lowest BCUT2D eigenvalue weighted by Gasteiger charge is -2.29. The van der Waals surface area contributed by atoms with Crippen LogP contribution in [0.5, 0.6) is 0 Å². The Balaban J connectivity index is 1.88. The molecule has 2 nitrogen and oxygen atoms in total. The molecule has 0 aromatic heterocycles. The maximum atomic E-state index is 3.85. The van der Waals surface area contributed by atoms with Gasteiger partial charge in [0.1, 0.15) is 0 Å². The smallest absolute Gasteiger partial charge is 0.0208 e. The molecule has 0 heterocycles. The van der Waals surface area contributed by atoms with Crippen molar-refractivity contribution in [2.45, 2.75) is 71.4 Å². The molecule has 0 spiro atoms. The molecule has 1 fully saturated rings. The molecule has 1 atom stereocenters. The van der Waals surface area contributed by atoms with Gasteiger partial charge in [-0.2, -0.15) is 0 Å². The lowest BCUT2D eigenvalue weighted by Crippen LogP contribution is -2.39. The molecule has 2 heteroatoms. The van der Waals surface area contributed by atoms with Crippen molar-refractivity contribution in [1.82, 2.24) is 10.2 Å². The van der Waals surface area contributed by atoms with Crippen molar-refractivity contribution in [1.29, 1.82) is 0 Å². The maximum Gasteiger partial charge on any atom is 0.0208 e. The summed E-state index contributed by atoms with van der Waals surface area (Å²) in [5.74, 6) is 1.66. The summed E-state index contributed by atoms with van der Waals surface area (Å²) in [7, 11) is 4.39. The second-order valence-corrected chi connectivity index (χ2v) is 8.50. The van der Waals surface area contributed by atoms with Gasteiger partial charge in [-0.25, -0.2) is 0 Å². The quantitative estimate of drug-likeness (QED) is 0.694. The van der Waals surface area contributed by atoms with Gasteiger partial charge in [0.15, 0.2) is 0 Å². The highest BCUT2D eigenvalue weighted by Crippen LogP contribution is 2.27. The largest absolute Gasteiger partial charge is 0.309 e.